The lowest BCUT2D eigenvalue weighted by Gasteiger charge is -2.17. The summed E-state index contributed by atoms with van der Waals surface area (Å²) in [6.07, 6.45) is 1.37. The van der Waals surface area contributed by atoms with Crippen molar-refractivity contribution in [1.82, 2.24) is 13.5 Å². The maximum Gasteiger partial charge on any atom is 0.329 e. The molecule has 0 aliphatic heterocycles. The molecule has 1 unspecified atom stereocenters. The van der Waals surface area contributed by atoms with Gasteiger partial charge in [-0.05, 0) is 55.1 Å². The smallest absolute Gasteiger partial charge is 0.329 e. The number of fused-ring (bicyclic) bond motifs is 2. The van der Waals surface area contributed by atoms with Gasteiger partial charge in [-0.3, -0.25) is 13.9 Å². The highest BCUT2D eigenvalue weighted by Gasteiger charge is 2.24. The summed E-state index contributed by atoms with van der Waals surface area (Å²) in [5.41, 5.74) is 5.67. The number of hydrogen-bond donors (Lipinski definition) is 1. The Hall–Kier alpha value is -2.87. The normalized spacial score (nSPS) is 12.6. The van der Waals surface area contributed by atoms with Gasteiger partial charge in [0.2, 0.25) is 0 Å². The first-order chi connectivity index (χ1) is 14.8. The van der Waals surface area contributed by atoms with Crippen LogP contribution < -0.4 is 11.2 Å². The van der Waals surface area contributed by atoms with Gasteiger partial charge in [0.1, 0.15) is 7.85 Å². The fraction of sp³-hybridized carbons (Fsp3) is 0.348. The average molecular weight is 435 g/mol. The topological polar surface area (TPSA) is 77.1 Å². The third-order valence-corrected chi connectivity index (χ3v) is 6.71. The minimum atomic E-state index is -0.892. The van der Waals surface area contributed by atoms with E-state index in [1.807, 2.05) is 33.0 Å². The minimum absolute atomic E-state index is 0.0702. The number of para-hydroxylation sites is 1. The molecule has 1 atom stereocenters. The Balaban J connectivity index is 1.92. The molecule has 0 saturated carbocycles. The van der Waals surface area contributed by atoms with Crippen molar-refractivity contribution in [2.75, 3.05) is 0 Å². The molecule has 31 heavy (non-hydrogen) atoms. The maximum absolute atomic E-state index is 13.6. The maximum atomic E-state index is 13.6. The van der Waals surface area contributed by atoms with Crippen molar-refractivity contribution in [3.05, 3.63) is 57.6 Å². The van der Waals surface area contributed by atoms with Crippen molar-refractivity contribution in [2.45, 2.75) is 52.6 Å². The Bertz CT molecular complexity index is 1350. The number of benzene rings is 2. The zero-order valence-corrected chi connectivity index (χ0v) is 19.1. The van der Waals surface area contributed by atoms with Crippen LogP contribution in [0.15, 0.2) is 35.1 Å². The fourth-order valence-corrected chi connectivity index (χ4v) is 5.60. The van der Waals surface area contributed by atoms with Crippen molar-refractivity contribution in [1.29, 1.82) is 0 Å². The number of rotatable bonds is 7. The Labute approximate surface area is 185 Å². The highest BCUT2D eigenvalue weighted by Crippen LogP contribution is 2.29. The lowest BCUT2D eigenvalue weighted by molar-refractivity contribution is -0.137. The number of carbonyl (C=O) groups is 1. The lowest BCUT2D eigenvalue weighted by Crippen LogP contribution is -2.30. The van der Waals surface area contributed by atoms with Gasteiger partial charge in [0.15, 0.2) is 0 Å². The van der Waals surface area contributed by atoms with Gasteiger partial charge in [0, 0.05) is 11.4 Å². The van der Waals surface area contributed by atoms with Crippen LogP contribution in [0, 0.1) is 13.8 Å². The number of aryl methyl sites for hydroxylation is 2. The second-order valence-corrected chi connectivity index (χ2v) is 9.11. The van der Waals surface area contributed by atoms with Gasteiger partial charge in [-0.1, -0.05) is 37.0 Å². The first kappa shape index (κ1) is 21.4. The zero-order valence-electron chi connectivity index (χ0n) is 18.3. The highest BCUT2D eigenvalue weighted by atomic mass is 32.1. The number of imidazole rings is 1. The number of aromatic nitrogens is 3. The van der Waals surface area contributed by atoms with E-state index in [0.29, 0.717) is 13.0 Å². The molecule has 2 heterocycles. The molecule has 2 aromatic heterocycles. The van der Waals surface area contributed by atoms with Crippen molar-refractivity contribution < 1.29 is 9.90 Å². The van der Waals surface area contributed by atoms with E-state index in [1.165, 1.54) is 17.1 Å². The Morgan fingerprint density at radius 3 is 2.77 bits per heavy atom. The number of carboxylic acid groups (broad SMARTS) is 1. The summed E-state index contributed by atoms with van der Waals surface area (Å²) in [6, 6.07) is 9.74. The number of carboxylic acids is 1. The molecule has 2 aromatic carbocycles. The summed E-state index contributed by atoms with van der Waals surface area (Å²) in [5.74, 6) is -0.892. The van der Waals surface area contributed by atoms with E-state index in [-0.39, 0.29) is 18.2 Å². The van der Waals surface area contributed by atoms with Crippen LogP contribution in [0.2, 0.25) is 0 Å². The molecule has 0 aliphatic rings. The number of aliphatic carboxylic acids is 1. The molecule has 0 saturated heterocycles. The van der Waals surface area contributed by atoms with Crippen molar-refractivity contribution >= 4 is 51.9 Å². The molecule has 160 valence electrons. The molecule has 4 aromatic rings. The zero-order chi connectivity index (χ0) is 22.3. The average Bonchev–Trinajstić information content (AvgIpc) is 3.22. The predicted octanol–water partition coefficient (Wildman–Crippen LogP) is 3.15. The third-order valence-electron chi connectivity index (χ3n) is 5.88. The summed E-state index contributed by atoms with van der Waals surface area (Å²) in [5, 5.41) is 10.6. The molecule has 0 fully saturated rings. The molecule has 0 radical (unpaired) electrons. The van der Waals surface area contributed by atoms with Crippen LogP contribution in [0.1, 0.15) is 49.0 Å². The molecule has 0 amide bonds. The molecule has 0 aliphatic carbocycles. The number of nitrogens with zero attached hydrogens (tertiary/aromatic N) is 3. The molecule has 4 rings (SSSR count). The third kappa shape index (κ3) is 3.80. The quantitative estimate of drug-likeness (QED) is 0.453. The molecule has 0 spiro atoms. The summed E-state index contributed by atoms with van der Waals surface area (Å²) < 4.78 is 9.25. The van der Waals surface area contributed by atoms with Crippen LogP contribution in [-0.2, 0) is 11.3 Å². The molecule has 0 bridgehead atoms. The van der Waals surface area contributed by atoms with Gasteiger partial charge in [0.25, 0.3) is 0 Å². The van der Waals surface area contributed by atoms with Crippen LogP contribution >= 0.6 is 11.5 Å². The van der Waals surface area contributed by atoms with Crippen molar-refractivity contribution in [2.24, 2.45) is 0 Å². The Morgan fingerprint density at radius 2 is 2.06 bits per heavy atom. The van der Waals surface area contributed by atoms with Gasteiger partial charge in [0.05, 0.1) is 34.4 Å². The van der Waals surface area contributed by atoms with Crippen LogP contribution in [0.25, 0.3) is 21.1 Å². The molecule has 6 nitrogen and oxygen atoms in total. The molecular formula is C23H26BN3O3S. The van der Waals surface area contributed by atoms with Crippen LogP contribution in [0.5, 0.6) is 0 Å². The van der Waals surface area contributed by atoms with Gasteiger partial charge < -0.3 is 5.11 Å². The fourth-order valence-electron chi connectivity index (χ4n) is 4.63. The predicted molar refractivity (Wildman–Crippen MR) is 129 cm³/mol. The summed E-state index contributed by atoms with van der Waals surface area (Å²) in [7, 11) is 1.97. The molecule has 1 N–H and O–H groups in total. The van der Waals surface area contributed by atoms with Crippen LogP contribution in [0.4, 0.5) is 0 Å². The van der Waals surface area contributed by atoms with Crippen LogP contribution in [-0.4, -0.2) is 32.4 Å². The number of hydrogen-bond acceptors (Lipinski definition) is 4. The molecular weight excluding hydrogens is 409 g/mol. The van der Waals surface area contributed by atoms with E-state index in [1.54, 1.807) is 9.13 Å². The Morgan fingerprint density at radius 1 is 1.29 bits per heavy atom. The monoisotopic (exact) mass is 435 g/mol. The Kier molecular flexibility index (Phi) is 5.75. The van der Waals surface area contributed by atoms with Crippen molar-refractivity contribution in [3.63, 3.8) is 0 Å². The van der Waals surface area contributed by atoms with Crippen LogP contribution in [0.3, 0.4) is 0 Å². The van der Waals surface area contributed by atoms with E-state index in [4.69, 9.17) is 0 Å². The van der Waals surface area contributed by atoms with E-state index in [9.17, 15) is 14.7 Å². The van der Waals surface area contributed by atoms with E-state index in [2.05, 4.69) is 30.4 Å². The van der Waals surface area contributed by atoms with E-state index in [0.717, 1.165) is 44.3 Å². The van der Waals surface area contributed by atoms with Crippen molar-refractivity contribution in [3.8, 4) is 0 Å². The largest absolute Gasteiger partial charge is 0.481 e. The van der Waals surface area contributed by atoms with Gasteiger partial charge >= 0.3 is 11.7 Å². The first-order valence-corrected chi connectivity index (χ1v) is 11.4. The van der Waals surface area contributed by atoms with E-state index >= 15 is 0 Å². The van der Waals surface area contributed by atoms with Gasteiger partial charge in [-0.2, -0.15) is 4.37 Å². The minimum Gasteiger partial charge on any atom is -0.481 e. The first-order valence-electron chi connectivity index (χ1n) is 10.6. The van der Waals surface area contributed by atoms with E-state index < -0.39 is 5.97 Å². The summed E-state index contributed by atoms with van der Waals surface area (Å²) >= 11 is 1.46. The standard InChI is InChI=1S/C23H26BN3O3S/c1-4-6-15(11-20(28)29)27-22-16(24)7-5-8-18(22)26(23(27)30)12-17-21-14(3)9-13(2)10-19(21)31-25-17/h5,7-10,15H,4,6,11-12,24H2,1-3H3,(H,28,29). The van der Waals surface area contributed by atoms with Gasteiger partial charge in [-0.15, -0.1) is 0 Å². The second kappa shape index (κ2) is 8.34. The highest BCUT2D eigenvalue weighted by molar-refractivity contribution is 7.13. The second-order valence-electron chi connectivity index (χ2n) is 8.31. The van der Waals surface area contributed by atoms with Gasteiger partial charge in [-0.25, -0.2) is 4.79 Å². The lowest BCUT2D eigenvalue weighted by atomic mass is 9.94. The summed E-state index contributed by atoms with van der Waals surface area (Å²) in [4.78, 5) is 25.2. The molecule has 8 heteroatoms. The summed E-state index contributed by atoms with van der Waals surface area (Å²) in [6.45, 7) is 6.52. The SMILES string of the molecule is Bc1cccc2c1n(C(CCC)CC(=O)O)c(=O)n2Cc1nsc2cc(C)cc(C)c12.